The van der Waals surface area contributed by atoms with Crippen LogP contribution >= 0.6 is 0 Å². The van der Waals surface area contributed by atoms with Crippen molar-refractivity contribution < 1.29 is 0 Å². The molecule has 1 atom stereocenters. The molecule has 2 N–H and O–H groups in total. The molecule has 9 heteroatoms. The van der Waals surface area contributed by atoms with Crippen LogP contribution in [0.4, 0.5) is 5.95 Å². The Labute approximate surface area is 185 Å². The lowest BCUT2D eigenvalue weighted by atomic mass is 10.1. The van der Waals surface area contributed by atoms with Crippen LogP contribution in [-0.4, -0.2) is 37.8 Å². The van der Waals surface area contributed by atoms with Gasteiger partial charge in [0.1, 0.15) is 0 Å². The minimum Gasteiger partial charge on any atom is -0.341 e. The molecule has 1 aromatic carbocycles. The molecule has 0 bridgehead atoms. The fourth-order valence-electron chi connectivity index (χ4n) is 4.11. The van der Waals surface area contributed by atoms with Crippen molar-refractivity contribution in [1.29, 1.82) is 5.26 Å². The predicted octanol–water partition coefficient (Wildman–Crippen LogP) is 0.767. The number of aryl methyl sites for hydroxylation is 1. The Morgan fingerprint density at radius 2 is 1.97 bits per heavy atom. The van der Waals surface area contributed by atoms with Gasteiger partial charge in [0.15, 0.2) is 11.2 Å². The summed E-state index contributed by atoms with van der Waals surface area (Å²) in [4.78, 5) is 33.3. The maximum atomic E-state index is 13.5. The lowest BCUT2D eigenvalue weighted by molar-refractivity contribution is 0.496. The Balaban J connectivity index is 1.89. The topological polar surface area (TPSA) is 115 Å². The summed E-state index contributed by atoms with van der Waals surface area (Å²) in [5.41, 5.74) is 7.27. The van der Waals surface area contributed by atoms with Crippen LogP contribution in [0.15, 0.2) is 33.9 Å². The molecule has 4 rings (SSSR count). The Morgan fingerprint density at radius 3 is 2.62 bits per heavy atom. The lowest BCUT2D eigenvalue weighted by Crippen LogP contribution is -2.44. The molecule has 2 aromatic heterocycles. The number of imidazole rings is 1. The average Bonchev–Trinajstić information content (AvgIpc) is 3.19. The molecule has 1 aliphatic rings. The molecule has 0 spiro atoms. The highest BCUT2D eigenvalue weighted by atomic mass is 16.2. The van der Waals surface area contributed by atoms with Crippen LogP contribution < -0.4 is 21.9 Å². The van der Waals surface area contributed by atoms with Gasteiger partial charge in [-0.25, -0.2) is 4.79 Å². The third-order valence-electron chi connectivity index (χ3n) is 5.79. The van der Waals surface area contributed by atoms with Crippen molar-refractivity contribution in [2.75, 3.05) is 18.0 Å². The van der Waals surface area contributed by atoms with Crippen molar-refractivity contribution in [3.8, 4) is 17.9 Å². The summed E-state index contributed by atoms with van der Waals surface area (Å²) in [5, 5.41) is 9.00. The molecule has 9 nitrogen and oxygen atoms in total. The SMILES string of the molecule is CC#CCn1c(N2CCCC(N)C2)nc2c1c(=O)n(Cc1ccc(C#N)cc1)c(=O)n2C. The van der Waals surface area contributed by atoms with Gasteiger partial charge in [-0.2, -0.15) is 10.2 Å². The fourth-order valence-corrected chi connectivity index (χ4v) is 4.11. The Morgan fingerprint density at radius 1 is 1.22 bits per heavy atom. The molecule has 1 aliphatic heterocycles. The molecule has 0 saturated carbocycles. The van der Waals surface area contributed by atoms with Crippen molar-refractivity contribution in [3.05, 3.63) is 56.2 Å². The Bertz CT molecular complexity index is 1380. The summed E-state index contributed by atoms with van der Waals surface area (Å²) >= 11 is 0. The van der Waals surface area contributed by atoms with Crippen molar-refractivity contribution in [2.24, 2.45) is 12.8 Å². The lowest BCUT2D eigenvalue weighted by Gasteiger charge is -2.31. The zero-order chi connectivity index (χ0) is 22.8. The summed E-state index contributed by atoms with van der Waals surface area (Å²) in [6, 6.07) is 8.93. The summed E-state index contributed by atoms with van der Waals surface area (Å²) in [5.74, 6) is 6.51. The molecule has 3 aromatic rings. The average molecular weight is 432 g/mol. The molecular formula is C23H25N7O2. The second-order valence-electron chi connectivity index (χ2n) is 7.99. The third kappa shape index (κ3) is 3.79. The van der Waals surface area contributed by atoms with E-state index < -0.39 is 11.2 Å². The van der Waals surface area contributed by atoms with Gasteiger partial charge in [0.2, 0.25) is 5.95 Å². The van der Waals surface area contributed by atoms with Gasteiger partial charge >= 0.3 is 5.69 Å². The van der Waals surface area contributed by atoms with E-state index in [4.69, 9.17) is 16.0 Å². The summed E-state index contributed by atoms with van der Waals surface area (Å²) in [7, 11) is 1.62. The molecule has 3 heterocycles. The van der Waals surface area contributed by atoms with E-state index in [1.165, 1.54) is 9.13 Å². The summed E-state index contributed by atoms with van der Waals surface area (Å²) in [6.07, 6.45) is 1.88. The minimum absolute atomic E-state index is 0.0335. The van der Waals surface area contributed by atoms with Crippen LogP contribution in [0.1, 0.15) is 30.9 Å². The number of nitrogens with zero attached hydrogens (tertiary/aromatic N) is 6. The highest BCUT2D eigenvalue weighted by molar-refractivity contribution is 5.75. The largest absolute Gasteiger partial charge is 0.341 e. The highest BCUT2D eigenvalue weighted by Crippen LogP contribution is 2.22. The van der Waals surface area contributed by atoms with Crippen LogP contribution in [0, 0.1) is 23.2 Å². The first-order chi connectivity index (χ1) is 15.4. The first-order valence-electron chi connectivity index (χ1n) is 10.5. The number of fused-ring (bicyclic) bond motifs is 1. The van der Waals surface area contributed by atoms with Crippen molar-refractivity contribution in [2.45, 2.75) is 38.9 Å². The van der Waals surface area contributed by atoms with E-state index in [1.807, 2.05) is 0 Å². The number of piperidine rings is 1. The van der Waals surface area contributed by atoms with Gasteiger partial charge in [0.05, 0.1) is 24.7 Å². The number of hydrogen-bond donors (Lipinski definition) is 1. The number of nitrogens with two attached hydrogens (primary N) is 1. The minimum atomic E-state index is -0.444. The molecule has 164 valence electrons. The molecule has 1 unspecified atom stereocenters. The second-order valence-corrected chi connectivity index (χ2v) is 7.99. The number of nitriles is 1. The zero-order valence-corrected chi connectivity index (χ0v) is 18.2. The van der Waals surface area contributed by atoms with Gasteiger partial charge in [0, 0.05) is 26.2 Å². The summed E-state index contributed by atoms with van der Waals surface area (Å²) in [6.45, 7) is 3.55. The van der Waals surface area contributed by atoms with Crippen LogP contribution in [0.3, 0.4) is 0 Å². The van der Waals surface area contributed by atoms with E-state index in [2.05, 4.69) is 22.8 Å². The van der Waals surface area contributed by atoms with Crippen molar-refractivity contribution >= 4 is 17.1 Å². The monoisotopic (exact) mass is 431 g/mol. The van der Waals surface area contributed by atoms with Gasteiger partial charge in [-0.05, 0) is 37.5 Å². The van der Waals surface area contributed by atoms with Crippen LogP contribution in [0.5, 0.6) is 0 Å². The molecular weight excluding hydrogens is 406 g/mol. The Kier molecular flexibility index (Phi) is 5.85. The van der Waals surface area contributed by atoms with Gasteiger partial charge < -0.3 is 10.6 Å². The van der Waals surface area contributed by atoms with E-state index in [-0.39, 0.29) is 12.6 Å². The standard InChI is InChI=1S/C23H25N7O2/c1-3-4-12-29-19-20(26-22(29)28-11-5-6-18(25)15-28)27(2)23(32)30(21(19)31)14-17-9-7-16(13-24)8-10-17/h7-10,18H,5-6,11-12,14-15,25H2,1-2H3. The maximum Gasteiger partial charge on any atom is 0.332 e. The van der Waals surface area contributed by atoms with E-state index in [9.17, 15) is 9.59 Å². The van der Waals surface area contributed by atoms with E-state index in [0.29, 0.717) is 35.8 Å². The zero-order valence-electron chi connectivity index (χ0n) is 18.2. The summed E-state index contributed by atoms with van der Waals surface area (Å²) < 4.78 is 4.40. The highest BCUT2D eigenvalue weighted by Gasteiger charge is 2.26. The maximum absolute atomic E-state index is 13.5. The van der Waals surface area contributed by atoms with E-state index in [0.717, 1.165) is 24.9 Å². The third-order valence-corrected chi connectivity index (χ3v) is 5.79. The quantitative estimate of drug-likeness (QED) is 0.610. The Hall–Kier alpha value is -3.82. The number of anilines is 1. The molecule has 0 radical (unpaired) electrons. The number of hydrogen-bond acceptors (Lipinski definition) is 6. The van der Waals surface area contributed by atoms with Gasteiger partial charge in [-0.15, -0.1) is 5.92 Å². The van der Waals surface area contributed by atoms with Gasteiger partial charge in [-0.1, -0.05) is 18.1 Å². The molecule has 1 saturated heterocycles. The number of rotatable bonds is 4. The fraction of sp³-hybridized carbons (Fsp3) is 0.391. The van der Waals surface area contributed by atoms with Crippen LogP contribution in [0.2, 0.25) is 0 Å². The molecule has 32 heavy (non-hydrogen) atoms. The smallest absolute Gasteiger partial charge is 0.332 e. The molecule has 0 aliphatic carbocycles. The number of benzene rings is 1. The van der Waals surface area contributed by atoms with E-state index >= 15 is 0 Å². The van der Waals surface area contributed by atoms with Gasteiger partial charge in [0.25, 0.3) is 5.56 Å². The van der Waals surface area contributed by atoms with Crippen molar-refractivity contribution in [3.63, 3.8) is 0 Å². The second kappa shape index (κ2) is 8.74. The van der Waals surface area contributed by atoms with E-state index in [1.54, 1.807) is 42.8 Å². The van der Waals surface area contributed by atoms with Gasteiger partial charge in [-0.3, -0.25) is 18.5 Å². The first-order valence-corrected chi connectivity index (χ1v) is 10.5. The molecule has 0 amide bonds. The first kappa shape index (κ1) is 21.4. The van der Waals surface area contributed by atoms with Crippen molar-refractivity contribution in [1.82, 2.24) is 18.7 Å². The van der Waals surface area contributed by atoms with Crippen LogP contribution in [-0.2, 0) is 20.1 Å². The normalized spacial score (nSPS) is 15.9. The van der Waals surface area contributed by atoms with Crippen LogP contribution in [0.25, 0.3) is 11.2 Å². The molecule has 1 fully saturated rings. The predicted molar refractivity (Wildman–Crippen MR) is 122 cm³/mol. The number of aromatic nitrogens is 4.